The number of nitrogens with zero attached hydrogens (tertiary/aromatic N) is 2. The summed E-state index contributed by atoms with van der Waals surface area (Å²) in [6, 6.07) is 18.9. The molecule has 0 unspecified atom stereocenters. The van der Waals surface area contributed by atoms with E-state index in [1.54, 1.807) is 0 Å². The van der Waals surface area contributed by atoms with Crippen molar-refractivity contribution in [1.82, 2.24) is 0 Å². The molecular weight excluding hydrogens is 300 g/mol. The van der Waals surface area contributed by atoms with Crippen LogP contribution in [0.1, 0.15) is 24.8 Å². The van der Waals surface area contributed by atoms with Crippen molar-refractivity contribution >= 4 is 27.1 Å². The van der Waals surface area contributed by atoms with Crippen molar-refractivity contribution < 1.29 is 0 Å². The van der Waals surface area contributed by atoms with Crippen molar-refractivity contribution in [3.8, 4) is 16.5 Å². The highest BCUT2D eigenvalue weighted by Gasteiger charge is 2.21. The highest BCUT2D eigenvalue weighted by atomic mass is 32.1. The number of thiophene rings is 1. The molecule has 2 heterocycles. The standard InChI is InChI=1S/C20H18N2S/c21-14-15-7-6-8-16(13-15)20-19(22-11-4-1-5-12-22)17-9-2-3-10-18(17)23-20/h2-3,6-10,13H,1,4-5,11-12H2. The first-order valence-corrected chi connectivity index (χ1v) is 8.95. The summed E-state index contributed by atoms with van der Waals surface area (Å²) in [5, 5.41) is 10.6. The van der Waals surface area contributed by atoms with Crippen LogP contribution in [0.3, 0.4) is 0 Å². The van der Waals surface area contributed by atoms with E-state index in [1.165, 1.54) is 39.9 Å². The quantitative estimate of drug-likeness (QED) is 0.630. The van der Waals surface area contributed by atoms with Crippen molar-refractivity contribution in [3.05, 3.63) is 54.1 Å². The van der Waals surface area contributed by atoms with Crippen LogP contribution in [0.5, 0.6) is 0 Å². The van der Waals surface area contributed by atoms with E-state index in [0.29, 0.717) is 0 Å². The summed E-state index contributed by atoms with van der Waals surface area (Å²) in [5.41, 5.74) is 3.25. The third-order valence-corrected chi connectivity index (χ3v) is 5.70. The monoisotopic (exact) mass is 318 g/mol. The number of benzene rings is 2. The number of hydrogen-bond acceptors (Lipinski definition) is 3. The van der Waals surface area contributed by atoms with Crippen molar-refractivity contribution in [2.75, 3.05) is 18.0 Å². The van der Waals surface area contributed by atoms with E-state index in [9.17, 15) is 5.26 Å². The Labute approximate surface area is 140 Å². The lowest BCUT2D eigenvalue weighted by molar-refractivity contribution is 0.579. The second kappa shape index (κ2) is 6.06. The van der Waals surface area contributed by atoms with Gasteiger partial charge in [0.05, 0.1) is 22.2 Å². The van der Waals surface area contributed by atoms with Crippen LogP contribution in [0.4, 0.5) is 5.69 Å². The molecule has 2 aromatic carbocycles. The van der Waals surface area contributed by atoms with Crippen molar-refractivity contribution in [2.24, 2.45) is 0 Å². The Morgan fingerprint density at radius 2 is 1.78 bits per heavy atom. The molecule has 1 saturated heterocycles. The second-order valence-corrected chi connectivity index (χ2v) is 7.07. The average Bonchev–Trinajstić information content (AvgIpc) is 3.02. The number of piperidine rings is 1. The molecular formula is C20H18N2S. The van der Waals surface area contributed by atoms with Crippen molar-refractivity contribution in [3.63, 3.8) is 0 Å². The van der Waals surface area contributed by atoms with Gasteiger partial charge in [-0.3, -0.25) is 0 Å². The van der Waals surface area contributed by atoms with E-state index < -0.39 is 0 Å². The van der Waals surface area contributed by atoms with Gasteiger partial charge in [0.1, 0.15) is 0 Å². The number of anilines is 1. The van der Waals surface area contributed by atoms with Gasteiger partial charge in [0.15, 0.2) is 0 Å². The Balaban J connectivity index is 1.92. The molecule has 1 aliphatic rings. The molecule has 3 aromatic rings. The Morgan fingerprint density at radius 3 is 2.61 bits per heavy atom. The average molecular weight is 318 g/mol. The van der Waals surface area contributed by atoms with Gasteiger partial charge in [-0.15, -0.1) is 11.3 Å². The number of fused-ring (bicyclic) bond motifs is 1. The molecule has 0 atom stereocenters. The summed E-state index contributed by atoms with van der Waals surface area (Å²) in [6.07, 6.45) is 3.86. The van der Waals surface area contributed by atoms with Crippen LogP contribution in [0, 0.1) is 11.3 Å². The van der Waals surface area contributed by atoms with Gasteiger partial charge in [-0.05, 0) is 43.0 Å². The van der Waals surface area contributed by atoms with Gasteiger partial charge in [-0.1, -0.05) is 30.3 Å². The molecule has 0 N–H and O–H groups in total. The third kappa shape index (κ3) is 2.60. The predicted octanol–water partition coefficient (Wildman–Crippen LogP) is 5.43. The SMILES string of the molecule is N#Cc1cccc(-c2sc3ccccc3c2N2CCCCC2)c1. The summed E-state index contributed by atoms with van der Waals surface area (Å²) in [5.74, 6) is 0. The van der Waals surface area contributed by atoms with Gasteiger partial charge < -0.3 is 4.90 Å². The Kier molecular flexibility index (Phi) is 3.77. The molecule has 0 saturated carbocycles. The minimum atomic E-state index is 0.726. The molecule has 1 aromatic heterocycles. The minimum absolute atomic E-state index is 0.726. The molecule has 0 bridgehead atoms. The number of rotatable bonds is 2. The van der Waals surface area contributed by atoms with Crippen LogP contribution in [0.15, 0.2) is 48.5 Å². The van der Waals surface area contributed by atoms with E-state index in [2.05, 4.69) is 41.3 Å². The highest BCUT2D eigenvalue weighted by molar-refractivity contribution is 7.23. The molecule has 3 heteroatoms. The van der Waals surface area contributed by atoms with Crippen LogP contribution in [-0.4, -0.2) is 13.1 Å². The zero-order valence-corrected chi connectivity index (χ0v) is 13.8. The van der Waals surface area contributed by atoms with Gasteiger partial charge >= 0.3 is 0 Å². The molecule has 4 rings (SSSR count). The van der Waals surface area contributed by atoms with Crippen LogP contribution < -0.4 is 4.90 Å². The molecule has 0 spiro atoms. The summed E-state index contributed by atoms with van der Waals surface area (Å²) in [7, 11) is 0. The summed E-state index contributed by atoms with van der Waals surface area (Å²) >= 11 is 1.84. The van der Waals surface area contributed by atoms with E-state index in [0.717, 1.165) is 24.2 Å². The zero-order valence-electron chi connectivity index (χ0n) is 13.0. The largest absolute Gasteiger partial charge is 0.370 e. The van der Waals surface area contributed by atoms with E-state index >= 15 is 0 Å². The first-order chi connectivity index (χ1) is 11.4. The van der Waals surface area contributed by atoms with Gasteiger partial charge in [0.2, 0.25) is 0 Å². The maximum Gasteiger partial charge on any atom is 0.0991 e. The number of hydrogen-bond donors (Lipinski definition) is 0. The van der Waals surface area contributed by atoms with Crippen LogP contribution in [-0.2, 0) is 0 Å². The lowest BCUT2D eigenvalue weighted by Crippen LogP contribution is -2.29. The highest BCUT2D eigenvalue weighted by Crippen LogP contribution is 2.45. The topological polar surface area (TPSA) is 27.0 Å². The third-order valence-electron chi connectivity index (χ3n) is 4.50. The van der Waals surface area contributed by atoms with E-state index in [1.807, 2.05) is 29.5 Å². The fraction of sp³-hybridized carbons (Fsp3) is 0.250. The summed E-state index contributed by atoms with van der Waals surface area (Å²) in [6.45, 7) is 2.26. The predicted molar refractivity (Wildman–Crippen MR) is 98.0 cm³/mol. The van der Waals surface area contributed by atoms with Crippen LogP contribution in [0.2, 0.25) is 0 Å². The fourth-order valence-electron chi connectivity index (χ4n) is 3.39. The van der Waals surface area contributed by atoms with Crippen molar-refractivity contribution in [1.29, 1.82) is 5.26 Å². The van der Waals surface area contributed by atoms with Gasteiger partial charge in [-0.25, -0.2) is 0 Å². The molecule has 0 amide bonds. The van der Waals surface area contributed by atoms with Gasteiger partial charge in [0, 0.05) is 23.2 Å². The second-order valence-electron chi connectivity index (χ2n) is 6.02. The van der Waals surface area contributed by atoms with Crippen LogP contribution >= 0.6 is 11.3 Å². The molecule has 114 valence electrons. The Bertz CT molecular complexity index is 882. The first kappa shape index (κ1) is 14.3. The Hall–Kier alpha value is -2.31. The maximum absolute atomic E-state index is 9.21. The van der Waals surface area contributed by atoms with Crippen molar-refractivity contribution in [2.45, 2.75) is 19.3 Å². The van der Waals surface area contributed by atoms with Gasteiger partial charge in [0.25, 0.3) is 0 Å². The van der Waals surface area contributed by atoms with E-state index in [4.69, 9.17) is 0 Å². The summed E-state index contributed by atoms with van der Waals surface area (Å²) in [4.78, 5) is 3.83. The molecule has 1 aliphatic heterocycles. The fourth-order valence-corrected chi connectivity index (χ4v) is 4.61. The lowest BCUT2D eigenvalue weighted by Gasteiger charge is -2.29. The molecule has 2 nitrogen and oxygen atoms in total. The Morgan fingerprint density at radius 1 is 0.957 bits per heavy atom. The number of nitriles is 1. The molecule has 0 aliphatic carbocycles. The molecule has 23 heavy (non-hydrogen) atoms. The zero-order chi connectivity index (χ0) is 15.6. The van der Waals surface area contributed by atoms with Crippen LogP contribution in [0.25, 0.3) is 20.5 Å². The first-order valence-electron chi connectivity index (χ1n) is 8.14. The maximum atomic E-state index is 9.21. The summed E-state index contributed by atoms with van der Waals surface area (Å²) < 4.78 is 1.32. The normalized spacial score (nSPS) is 14.8. The smallest absolute Gasteiger partial charge is 0.0991 e. The van der Waals surface area contributed by atoms with Gasteiger partial charge in [-0.2, -0.15) is 5.26 Å². The van der Waals surface area contributed by atoms with E-state index in [-0.39, 0.29) is 0 Å². The lowest BCUT2D eigenvalue weighted by atomic mass is 10.0. The molecule has 1 fully saturated rings. The molecule has 0 radical (unpaired) electrons. The minimum Gasteiger partial charge on any atom is -0.370 e.